The maximum Gasteiger partial charge on any atom is 0.209 e. The fourth-order valence-corrected chi connectivity index (χ4v) is 3.75. The summed E-state index contributed by atoms with van der Waals surface area (Å²) in [5.74, 6) is 0. The third-order valence-electron chi connectivity index (χ3n) is 4.01. The molecule has 4 rings (SSSR count). The molecule has 24 heavy (non-hydrogen) atoms. The Balaban J connectivity index is 1.85. The van der Waals surface area contributed by atoms with E-state index in [9.17, 15) is 0 Å². The first-order valence-electron chi connectivity index (χ1n) is 8.10. The van der Waals surface area contributed by atoms with E-state index in [0.29, 0.717) is 0 Å². The van der Waals surface area contributed by atoms with Crippen LogP contribution >= 0.6 is 11.3 Å². The Kier molecular flexibility index (Phi) is 4.44. The molecule has 0 saturated carbocycles. The molecule has 4 nitrogen and oxygen atoms in total. The monoisotopic (exact) mass is 337 g/mol. The molecule has 5 heteroatoms. The summed E-state index contributed by atoms with van der Waals surface area (Å²) < 4.78 is 7.76. The van der Waals surface area contributed by atoms with E-state index in [2.05, 4.69) is 39.3 Å². The van der Waals surface area contributed by atoms with Gasteiger partial charge in [0.2, 0.25) is 4.80 Å². The fourth-order valence-electron chi connectivity index (χ4n) is 2.82. The average Bonchev–Trinajstić information content (AvgIpc) is 3.07. The van der Waals surface area contributed by atoms with Crippen molar-refractivity contribution in [1.82, 2.24) is 4.68 Å². The Hall–Kier alpha value is -2.37. The molecule has 122 valence electrons. The summed E-state index contributed by atoms with van der Waals surface area (Å²) in [6, 6.07) is 20.6. The van der Waals surface area contributed by atoms with Crippen LogP contribution in [0, 0.1) is 0 Å². The van der Waals surface area contributed by atoms with Crippen LogP contribution in [0.1, 0.15) is 0 Å². The van der Waals surface area contributed by atoms with Crippen LogP contribution in [0.15, 0.2) is 71.0 Å². The lowest BCUT2D eigenvalue weighted by atomic mass is 10.2. The van der Waals surface area contributed by atoms with Gasteiger partial charge in [0.05, 0.1) is 37.7 Å². The van der Waals surface area contributed by atoms with E-state index < -0.39 is 0 Å². The Morgan fingerprint density at radius 3 is 2.25 bits per heavy atom. The molecule has 3 aromatic rings. The summed E-state index contributed by atoms with van der Waals surface area (Å²) in [5, 5.41) is 4.51. The molecule has 2 aromatic carbocycles. The number of rotatable bonds is 3. The minimum atomic E-state index is 0.752. The van der Waals surface area contributed by atoms with Crippen molar-refractivity contribution in [1.29, 1.82) is 0 Å². The molecule has 0 unspecified atom stereocenters. The molecule has 1 aromatic heterocycles. The molecular weight excluding hydrogens is 318 g/mol. The van der Waals surface area contributed by atoms with Gasteiger partial charge in [0, 0.05) is 10.9 Å². The maximum atomic E-state index is 5.52. The summed E-state index contributed by atoms with van der Waals surface area (Å²) in [7, 11) is 0. The van der Waals surface area contributed by atoms with Gasteiger partial charge < -0.3 is 9.75 Å². The van der Waals surface area contributed by atoms with Crippen LogP contribution in [0.25, 0.3) is 11.3 Å². The molecule has 1 fully saturated rings. The minimum absolute atomic E-state index is 0.752. The first-order chi connectivity index (χ1) is 11.9. The van der Waals surface area contributed by atoms with Crippen LogP contribution < -0.4 is 9.81 Å². The average molecular weight is 337 g/mol. The van der Waals surface area contributed by atoms with E-state index in [1.165, 1.54) is 11.3 Å². The van der Waals surface area contributed by atoms with Crippen molar-refractivity contribution in [2.75, 3.05) is 31.3 Å². The molecular formula is C19H19N3OS. The second-order valence-corrected chi connectivity index (χ2v) is 6.43. The Morgan fingerprint density at radius 1 is 0.875 bits per heavy atom. The van der Waals surface area contributed by atoms with Gasteiger partial charge in [0.15, 0.2) is 0 Å². The van der Waals surface area contributed by atoms with E-state index in [4.69, 9.17) is 9.73 Å². The summed E-state index contributed by atoms with van der Waals surface area (Å²) in [6.07, 6.45) is 0. The lowest BCUT2D eigenvalue weighted by Gasteiger charge is -2.31. The maximum absolute atomic E-state index is 5.52. The quantitative estimate of drug-likeness (QED) is 0.733. The molecule has 1 aliphatic rings. The highest BCUT2D eigenvalue weighted by atomic mass is 32.1. The van der Waals surface area contributed by atoms with Crippen LogP contribution in [-0.4, -0.2) is 31.0 Å². The van der Waals surface area contributed by atoms with Gasteiger partial charge in [0.25, 0.3) is 0 Å². The highest BCUT2D eigenvalue weighted by molar-refractivity contribution is 7.07. The summed E-state index contributed by atoms with van der Waals surface area (Å²) in [4.78, 5) is 5.85. The number of morpholine rings is 1. The molecule has 0 atom stereocenters. The van der Waals surface area contributed by atoms with E-state index >= 15 is 0 Å². The summed E-state index contributed by atoms with van der Waals surface area (Å²) in [6.45, 7) is 3.25. The van der Waals surface area contributed by atoms with Crippen LogP contribution in [0.4, 0.5) is 5.69 Å². The largest absolute Gasteiger partial charge is 0.378 e. The van der Waals surface area contributed by atoms with Crippen LogP contribution in [0.3, 0.4) is 0 Å². The fraction of sp³-hybridized carbons (Fsp3) is 0.211. The van der Waals surface area contributed by atoms with Crippen molar-refractivity contribution in [3.8, 4) is 11.3 Å². The smallest absolute Gasteiger partial charge is 0.209 e. The van der Waals surface area contributed by atoms with Crippen LogP contribution in [0.2, 0.25) is 0 Å². The third kappa shape index (κ3) is 3.13. The Morgan fingerprint density at radius 2 is 1.54 bits per heavy atom. The molecule has 0 N–H and O–H groups in total. The number of ether oxygens (including phenoxy) is 1. The Labute approximate surface area is 145 Å². The molecule has 0 aliphatic carbocycles. The highest BCUT2D eigenvalue weighted by Crippen LogP contribution is 2.21. The van der Waals surface area contributed by atoms with E-state index in [1.807, 2.05) is 36.4 Å². The van der Waals surface area contributed by atoms with Crippen molar-refractivity contribution in [2.45, 2.75) is 0 Å². The second-order valence-electron chi connectivity index (χ2n) is 5.59. The first-order valence-corrected chi connectivity index (χ1v) is 8.98. The van der Waals surface area contributed by atoms with Gasteiger partial charge in [-0.3, -0.25) is 0 Å². The van der Waals surface area contributed by atoms with Gasteiger partial charge in [-0.15, -0.1) is 11.3 Å². The first kappa shape index (κ1) is 15.2. The van der Waals surface area contributed by atoms with Crippen molar-refractivity contribution in [2.24, 2.45) is 4.99 Å². The van der Waals surface area contributed by atoms with Crippen molar-refractivity contribution in [3.63, 3.8) is 0 Å². The number of aromatic nitrogens is 1. The molecule has 0 amide bonds. The minimum Gasteiger partial charge on any atom is -0.378 e. The number of nitrogens with zero attached hydrogens (tertiary/aromatic N) is 3. The summed E-state index contributed by atoms with van der Waals surface area (Å²) in [5.41, 5.74) is 3.35. The van der Waals surface area contributed by atoms with E-state index in [0.717, 1.165) is 36.8 Å². The lowest BCUT2D eigenvalue weighted by molar-refractivity contribution is 0.111. The molecule has 1 aliphatic heterocycles. The van der Waals surface area contributed by atoms with Crippen molar-refractivity contribution >= 4 is 17.0 Å². The number of benzene rings is 2. The van der Waals surface area contributed by atoms with Crippen LogP contribution in [-0.2, 0) is 4.74 Å². The van der Waals surface area contributed by atoms with Gasteiger partial charge in [0.1, 0.15) is 0 Å². The molecule has 0 bridgehead atoms. The van der Waals surface area contributed by atoms with Gasteiger partial charge in [-0.25, -0.2) is 9.67 Å². The van der Waals surface area contributed by atoms with Gasteiger partial charge in [-0.05, 0) is 12.1 Å². The number of hydrogen-bond acceptors (Lipinski definition) is 4. The Bertz CT molecular complexity index is 849. The third-order valence-corrected chi connectivity index (χ3v) is 4.82. The zero-order valence-corrected chi connectivity index (χ0v) is 14.2. The van der Waals surface area contributed by atoms with Crippen LogP contribution in [0.5, 0.6) is 0 Å². The molecule has 0 spiro atoms. The second kappa shape index (κ2) is 7.03. The zero-order valence-electron chi connectivity index (χ0n) is 13.3. The van der Waals surface area contributed by atoms with Gasteiger partial charge in [-0.1, -0.05) is 48.5 Å². The SMILES string of the molecule is c1ccc(N=c2scc(-c3ccccc3)n2N2CCOCC2)cc1. The molecule has 1 saturated heterocycles. The summed E-state index contributed by atoms with van der Waals surface area (Å²) >= 11 is 1.67. The number of thiazole rings is 1. The van der Waals surface area contributed by atoms with E-state index in [1.54, 1.807) is 11.3 Å². The molecule has 0 radical (unpaired) electrons. The van der Waals surface area contributed by atoms with Crippen molar-refractivity contribution < 1.29 is 4.74 Å². The van der Waals surface area contributed by atoms with E-state index in [-0.39, 0.29) is 0 Å². The van der Waals surface area contributed by atoms with Gasteiger partial charge in [-0.2, -0.15) is 0 Å². The highest BCUT2D eigenvalue weighted by Gasteiger charge is 2.17. The predicted octanol–water partition coefficient (Wildman–Crippen LogP) is 3.42. The lowest BCUT2D eigenvalue weighted by Crippen LogP contribution is -2.48. The normalized spacial score (nSPS) is 15.7. The predicted molar refractivity (Wildman–Crippen MR) is 98.2 cm³/mol. The standard InChI is InChI=1S/C19H19N3OS/c1-3-7-16(8-4-1)18-15-24-19(20-17-9-5-2-6-10-17)22(18)21-11-13-23-14-12-21/h1-10,15H,11-14H2. The number of para-hydroxylation sites is 1. The zero-order chi connectivity index (χ0) is 16.2. The van der Waals surface area contributed by atoms with Crippen molar-refractivity contribution in [3.05, 3.63) is 70.8 Å². The molecule has 2 heterocycles. The van der Waals surface area contributed by atoms with Gasteiger partial charge >= 0.3 is 0 Å². The topological polar surface area (TPSA) is 29.8 Å². The number of hydrogen-bond donors (Lipinski definition) is 0.